The number of benzene rings is 6. The van der Waals surface area contributed by atoms with Crippen molar-refractivity contribution in [2.75, 3.05) is 47.9 Å². The molecule has 0 radical (unpaired) electrons. The van der Waals surface area contributed by atoms with Crippen molar-refractivity contribution in [2.45, 2.75) is 32.1 Å². The molecule has 0 unspecified atom stereocenters. The van der Waals surface area contributed by atoms with Gasteiger partial charge in [-0.25, -0.2) is 29.3 Å². The number of anilines is 5. The van der Waals surface area contributed by atoms with Crippen LogP contribution in [-0.4, -0.2) is 101 Å². The van der Waals surface area contributed by atoms with Gasteiger partial charge in [-0.1, -0.05) is 169 Å². The molecule has 10 heterocycles. The summed E-state index contributed by atoms with van der Waals surface area (Å²) in [6.07, 6.45) is 26.8. The quantitative estimate of drug-likeness (QED) is 0.0397. The summed E-state index contributed by atoms with van der Waals surface area (Å²) >= 11 is 16.3. The number of nitrogens with zero attached hydrogens (tertiary/aromatic N) is 10. The maximum atomic E-state index is 13.1. The van der Waals surface area contributed by atoms with Crippen molar-refractivity contribution < 1.29 is 42.6 Å². The van der Waals surface area contributed by atoms with E-state index in [9.17, 15) is 28.4 Å². The van der Waals surface area contributed by atoms with E-state index in [-0.39, 0.29) is 47.4 Å². The fourth-order valence-electron chi connectivity index (χ4n) is 11.0. The van der Waals surface area contributed by atoms with Crippen molar-refractivity contribution in [2.24, 2.45) is 0 Å². The summed E-state index contributed by atoms with van der Waals surface area (Å²) in [4.78, 5) is 102. The second-order valence-corrected chi connectivity index (χ2v) is 31.4. The first-order valence-corrected chi connectivity index (χ1v) is 41.1. The molecule has 5 amide bonds. The number of carbonyl (C=O) groups excluding carboxylic acids is 5. The monoisotopic (exact) mass is 1750 g/mol. The summed E-state index contributed by atoms with van der Waals surface area (Å²) in [7, 11) is 4.76. The number of aromatic nitrogens is 10. The molecule has 16 aromatic rings. The molecule has 5 N–H and O–H groups in total. The number of carbonyl (C=O) groups is 5. The number of halogens is 3. The molecule has 23 nitrogen and oxygen atoms in total. The maximum Gasteiger partial charge on any atom is 0.229 e. The number of thiazole rings is 5. The molecule has 31 heteroatoms. The third-order valence-corrected chi connectivity index (χ3v) is 22.5. The Morgan fingerprint density at radius 1 is 0.347 bits per heavy atom. The first kappa shape index (κ1) is 84.3. The lowest BCUT2D eigenvalue weighted by molar-refractivity contribution is -0.116. The predicted molar refractivity (Wildman–Crippen MR) is 470 cm³/mol. The van der Waals surface area contributed by atoms with Crippen LogP contribution in [0.2, 0.25) is 5.02 Å². The lowest BCUT2D eigenvalue weighted by Crippen LogP contribution is -2.13. The van der Waals surface area contributed by atoms with Gasteiger partial charge in [0.25, 0.3) is 0 Å². The highest BCUT2D eigenvalue weighted by molar-refractivity contribution is 9.10. The highest BCUT2D eigenvalue weighted by Gasteiger charge is 2.17. The first-order valence-electron chi connectivity index (χ1n) is 35.8. The normalized spacial score (nSPS) is 10.5. The molecule has 0 saturated heterocycles. The van der Waals surface area contributed by atoms with Gasteiger partial charge in [-0.3, -0.25) is 48.9 Å². The van der Waals surface area contributed by atoms with Gasteiger partial charge in [-0.2, -0.15) is 0 Å². The summed E-state index contributed by atoms with van der Waals surface area (Å²) < 4.78 is 29.6. The molecule has 0 fully saturated rings. The first-order chi connectivity index (χ1) is 57.5. The van der Waals surface area contributed by atoms with Gasteiger partial charge in [0.2, 0.25) is 29.5 Å². The molecule has 592 valence electrons. The molecular weight excluding hydrogens is 1680 g/mol. The van der Waals surface area contributed by atoms with Gasteiger partial charge < -0.3 is 40.8 Å². The van der Waals surface area contributed by atoms with Crippen LogP contribution in [0.25, 0.3) is 63.6 Å². The van der Waals surface area contributed by atoms with Crippen LogP contribution in [0, 0.1) is 5.82 Å². The molecule has 0 atom stereocenters. The Balaban J connectivity index is 0.000000136. The van der Waals surface area contributed by atoms with Crippen molar-refractivity contribution in [3.05, 3.63) is 324 Å². The van der Waals surface area contributed by atoms with E-state index in [2.05, 4.69) is 111 Å². The fraction of sp³-hybridized carbons (Fsp3) is 0.0920. The van der Waals surface area contributed by atoms with Gasteiger partial charge in [0.1, 0.15) is 61.6 Å². The van der Waals surface area contributed by atoms with Crippen LogP contribution in [0.4, 0.5) is 29.4 Å². The minimum atomic E-state index is -0.500. The van der Waals surface area contributed by atoms with Gasteiger partial charge in [0, 0.05) is 94.3 Å². The standard InChI is InChI=1S/C20H15N3OS.C18H17N3O3S.C17H15N3O2S.C16H12BrN3OS.C16H11ClFN3OS/c24-18(12-14-5-6-15-3-1-2-4-17(15)11-14)23-19-13-22-20(25-19)16-7-9-21-10-8-16;1-23-14-4-3-12(9-15(14)24-2)10-16(22)21-17-11-20-18(25-17)13-5-7-19-8-6-13;1-22-14-4-2-12(3-5-14)10-15(21)20-16-11-19-17(23-16)13-6-8-18-9-7-13;17-13-4-2-1-3-12(13)9-14(21)20-15-10-19-16(22-15)11-5-7-18-8-6-11;17-12-7-10(1-2-13(12)18)8-14(22)21-15-9-20-16(23-15)11-3-5-19-6-4-11/h1-11,13H,12H2,(H,23,24);3-9,11H,10H2,1-2H3,(H,21,22);2-9,11H,10H2,1H3,(H,20,21);1-8,10H,9H2,(H,20,21);1-7,9H,8H2,(H,21,22). The largest absolute Gasteiger partial charge is 0.497 e. The Morgan fingerprint density at radius 3 is 1.04 bits per heavy atom. The van der Waals surface area contributed by atoms with Gasteiger partial charge >= 0.3 is 0 Å². The van der Waals surface area contributed by atoms with E-state index < -0.39 is 5.82 Å². The fourth-order valence-corrected chi connectivity index (χ4v) is 15.8. The van der Waals surface area contributed by atoms with Crippen LogP contribution in [0.3, 0.4) is 0 Å². The highest BCUT2D eigenvalue weighted by Crippen LogP contribution is 2.35. The molecule has 10 aromatic heterocycles. The lowest BCUT2D eigenvalue weighted by Gasteiger charge is -2.09. The molecule has 0 bridgehead atoms. The number of methoxy groups -OCH3 is 3. The lowest BCUT2D eigenvalue weighted by atomic mass is 10.1. The minimum absolute atomic E-state index is 0.00747. The zero-order valence-corrected chi connectivity index (χ0v) is 69.4. The zero-order valence-electron chi connectivity index (χ0n) is 63.0. The molecule has 0 aliphatic heterocycles. The number of amides is 5. The van der Waals surface area contributed by atoms with E-state index in [0.717, 1.165) is 106 Å². The van der Waals surface area contributed by atoms with Gasteiger partial charge in [0.15, 0.2) is 11.5 Å². The van der Waals surface area contributed by atoms with E-state index in [1.807, 2.05) is 140 Å². The van der Waals surface area contributed by atoms with Crippen LogP contribution < -0.4 is 40.8 Å². The Kier molecular flexibility index (Phi) is 30.8. The van der Waals surface area contributed by atoms with Crippen molar-refractivity contribution in [3.8, 4) is 70.1 Å². The second kappa shape index (κ2) is 43.0. The molecule has 16 rings (SSSR count). The van der Waals surface area contributed by atoms with Crippen LogP contribution in [0.1, 0.15) is 27.8 Å². The van der Waals surface area contributed by atoms with Crippen LogP contribution in [-0.2, 0) is 56.1 Å². The second-order valence-electron chi connectivity index (χ2n) is 25.0. The molecule has 0 spiro atoms. The summed E-state index contributed by atoms with van der Waals surface area (Å²) in [6, 6.07) is 57.9. The number of hydrogen-bond acceptors (Lipinski definition) is 23. The number of pyridine rings is 5. The summed E-state index contributed by atoms with van der Waals surface area (Å²) in [6.45, 7) is 0. The molecule has 0 saturated carbocycles. The average molecular weight is 1750 g/mol. The topological polar surface area (TPSA) is 302 Å². The van der Waals surface area contributed by atoms with Gasteiger partial charge in [-0.15, -0.1) is 0 Å². The number of nitrogens with one attached hydrogen (secondary N) is 5. The van der Waals surface area contributed by atoms with E-state index in [0.29, 0.717) is 46.3 Å². The van der Waals surface area contributed by atoms with E-state index in [1.54, 1.807) is 126 Å². The number of fused-ring (bicyclic) bond motifs is 1. The third kappa shape index (κ3) is 25.5. The van der Waals surface area contributed by atoms with Crippen molar-refractivity contribution in [1.29, 1.82) is 0 Å². The minimum Gasteiger partial charge on any atom is -0.497 e. The van der Waals surface area contributed by atoms with Crippen molar-refractivity contribution in [1.82, 2.24) is 49.8 Å². The number of ether oxygens (including phenoxy) is 3. The van der Waals surface area contributed by atoms with Crippen LogP contribution in [0.15, 0.2) is 285 Å². The number of hydrogen-bond donors (Lipinski definition) is 5. The van der Waals surface area contributed by atoms with E-state index >= 15 is 0 Å². The Morgan fingerprint density at radius 2 is 0.669 bits per heavy atom. The van der Waals surface area contributed by atoms with Crippen LogP contribution in [0.5, 0.6) is 17.2 Å². The summed E-state index contributed by atoms with van der Waals surface area (Å²) in [5.41, 5.74) is 9.26. The van der Waals surface area contributed by atoms with Crippen LogP contribution >= 0.6 is 84.2 Å². The Bertz CT molecular complexity index is 6000. The molecule has 0 aliphatic carbocycles. The van der Waals surface area contributed by atoms with Crippen molar-refractivity contribution >= 4 is 150 Å². The predicted octanol–water partition coefficient (Wildman–Crippen LogP) is 19.7. The van der Waals surface area contributed by atoms with E-state index in [4.69, 9.17) is 25.8 Å². The zero-order chi connectivity index (χ0) is 82.4. The summed E-state index contributed by atoms with van der Waals surface area (Å²) in [5.74, 6) is 1.02. The maximum absolute atomic E-state index is 13.1. The smallest absolute Gasteiger partial charge is 0.229 e. The molecule has 6 aromatic carbocycles. The summed E-state index contributed by atoms with van der Waals surface area (Å²) in [5, 5.41) is 24.5. The number of rotatable bonds is 23. The molecule has 118 heavy (non-hydrogen) atoms. The average Bonchev–Trinajstić information content (AvgIpc) is 1.27. The van der Waals surface area contributed by atoms with Crippen molar-refractivity contribution in [3.63, 3.8) is 0 Å². The SMILES string of the molecule is COc1ccc(CC(=O)Nc2cnc(-c3ccncc3)s2)cc1.COc1ccc(CC(=O)Nc2cnc(-c3ccncc3)s2)cc1OC.O=C(Cc1ccc(F)c(Cl)c1)Nc1cnc(-c2ccncc2)s1.O=C(Cc1ccc2ccccc2c1)Nc1cnc(-c2ccncc2)s1.O=C(Cc1ccccc1Br)Nc1cnc(-c2ccncc2)s1. The molecular formula is C87H70BrClFN15O8S5. The van der Waals surface area contributed by atoms with E-state index in [1.165, 1.54) is 80.3 Å². The third-order valence-electron chi connectivity index (χ3n) is 16.7. The van der Waals surface area contributed by atoms with Gasteiger partial charge in [0.05, 0.1) is 89.4 Å². The Labute approximate surface area is 710 Å². The Hall–Kier alpha value is -13.1. The highest BCUT2D eigenvalue weighted by atomic mass is 79.9. The van der Waals surface area contributed by atoms with Gasteiger partial charge in [-0.05, 0) is 142 Å². The molecule has 0 aliphatic rings.